The number of hydrogen-bond donors (Lipinski definition) is 0. The van der Waals surface area contributed by atoms with Crippen molar-refractivity contribution < 1.29 is 4.79 Å². The zero-order valence-corrected chi connectivity index (χ0v) is 14.2. The molecule has 0 spiro atoms. The van der Waals surface area contributed by atoms with E-state index in [-0.39, 0.29) is 0 Å². The SMILES string of the molecule is O=C(C(Cl)(Cl)C(Cl)(Cl)Cl)C(Cl)(Cl)C(Cl)(Cl)Cl. The van der Waals surface area contributed by atoms with Crippen LogP contribution in [0.2, 0.25) is 0 Å². The van der Waals surface area contributed by atoms with Gasteiger partial charge in [0.05, 0.1) is 0 Å². The van der Waals surface area contributed by atoms with Gasteiger partial charge in [0.15, 0.2) is 0 Å². The van der Waals surface area contributed by atoms with Gasteiger partial charge in [-0.05, 0) is 0 Å². The number of rotatable bonds is 2. The summed E-state index contributed by atoms with van der Waals surface area (Å²) in [4.78, 5) is 11.7. The molecule has 0 aromatic carbocycles. The second-order valence-corrected chi connectivity index (χ2v) is 9.69. The molecule has 0 saturated carbocycles. The van der Waals surface area contributed by atoms with E-state index < -0.39 is 22.0 Å². The maximum Gasteiger partial charge on any atom is 0.230 e. The lowest BCUT2D eigenvalue weighted by Gasteiger charge is -2.34. The van der Waals surface area contributed by atoms with E-state index in [0.717, 1.165) is 0 Å². The molecule has 0 aromatic heterocycles. The summed E-state index contributed by atoms with van der Waals surface area (Å²) in [6.45, 7) is 0. The molecule has 0 radical (unpaired) electrons. The maximum atomic E-state index is 11.7. The van der Waals surface area contributed by atoms with Crippen LogP contribution in [-0.2, 0) is 4.79 Å². The van der Waals surface area contributed by atoms with E-state index in [9.17, 15) is 4.79 Å². The Labute approximate surface area is 141 Å². The Balaban J connectivity index is 5.40. The molecular weight excluding hydrogens is 431 g/mol. The van der Waals surface area contributed by atoms with Gasteiger partial charge in [0.1, 0.15) is 0 Å². The van der Waals surface area contributed by atoms with Crippen LogP contribution < -0.4 is 0 Å². The third kappa shape index (κ3) is 3.79. The van der Waals surface area contributed by atoms with Gasteiger partial charge < -0.3 is 0 Å². The third-order valence-electron chi connectivity index (χ3n) is 1.28. The Morgan fingerprint density at radius 2 is 0.750 bits per heavy atom. The predicted octanol–water partition coefficient (Wildman–Crippen LogP) is 5.64. The summed E-state index contributed by atoms with van der Waals surface area (Å²) < 4.78 is -9.97. The number of halogens is 10. The monoisotopic (exact) mass is 426 g/mol. The summed E-state index contributed by atoms with van der Waals surface area (Å²) >= 11 is 54.4. The molecule has 0 unspecified atom stereocenters. The van der Waals surface area contributed by atoms with E-state index in [1.54, 1.807) is 0 Å². The number of Topliss-reactive ketones (excluding diaryl/α,β-unsaturated/α-hetero) is 1. The van der Waals surface area contributed by atoms with Crippen LogP contribution in [-0.4, -0.2) is 22.0 Å². The molecule has 1 nitrogen and oxygen atoms in total. The van der Waals surface area contributed by atoms with E-state index in [2.05, 4.69) is 0 Å². The highest BCUT2D eigenvalue weighted by atomic mass is 35.6. The topological polar surface area (TPSA) is 17.1 Å². The number of alkyl halides is 10. The van der Waals surface area contributed by atoms with E-state index in [4.69, 9.17) is 116 Å². The van der Waals surface area contributed by atoms with E-state index in [1.165, 1.54) is 0 Å². The van der Waals surface area contributed by atoms with Gasteiger partial charge in [-0.15, -0.1) is 0 Å². The Morgan fingerprint density at radius 1 is 0.562 bits per heavy atom. The van der Waals surface area contributed by atoms with Crippen LogP contribution in [0.5, 0.6) is 0 Å². The average Bonchev–Trinajstić information content (AvgIpc) is 1.98. The first-order chi connectivity index (χ1) is 6.65. The molecule has 0 atom stereocenters. The Morgan fingerprint density at radius 3 is 0.875 bits per heavy atom. The normalized spacial score (nSPS) is 15.1. The molecule has 0 fully saturated rings. The summed E-state index contributed by atoms with van der Waals surface area (Å²) in [5.74, 6) is -1.37. The van der Waals surface area contributed by atoms with Gasteiger partial charge in [0.25, 0.3) is 0 Å². The largest absolute Gasteiger partial charge is 0.293 e. The molecule has 0 aromatic rings. The fourth-order valence-electron chi connectivity index (χ4n) is 0.455. The molecule has 0 aliphatic rings. The molecular formula is C5Cl10O. The molecule has 0 rings (SSSR count). The van der Waals surface area contributed by atoms with Crippen molar-refractivity contribution >= 4 is 122 Å². The van der Waals surface area contributed by atoms with Crippen molar-refractivity contribution in [2.45, 2.75) is 16.3 Å². The second kappa shape index (κ2) is 5.52. The zero-order chi connectivity index (χ0) is 13.6. The Bertz CT molecular complexity index is 255. The standard InChI is InChI=1S/C5Cl10O/c6-2(7,4(10,11)12)1(16)3(8,9)5(13,14)15. The summed E-state index contributed by atoms with van der Waals surface area (Å²) in [6.07, 6.45) is 0. The average molecular weight is 431 g/mol. The molecule has 16 heavy (non-hydrogen) atoms. The quantitative estimate of drug-likeness (QED) is 0.518. The minimum Gasteiger partial charge on any atom is -0.293 e. The molecule has 0 saturated heterocycles. The first-order valence-corrected chi connectivity index (χ1v) is 6.87. The van der Waals surface area contributed by atoms with Crippen LogP contribution in [0.3, 0.4) is 0 Å². The molecule has 0 aliphatic carbocycles. The molecule has 0 amide bonds. The van der Waals surface area contributed by atoms with Gasteiger partial charge in [0, 0.05) is 0 Å². The van der Waals surface area contributed by atoms with Crippen molar-refractivity contribution in [2.24, 2.45) is 0 Å². The minimum absolute atomic E-state index is 1.37. The van der Waals surface area contributed by atoms with Gasteiger partial charge in [0.2, 0.25) is 22.0 Å². The summed E-state index contributed by atoms with van der Waals surface area (Å²) in [5.41, 5.74) is 0. The Kier molecular flexibility index (Phi) is 6.40. The van der Waals surface area contributed by atoms with Crippen molar-refractivity contribution in [3.8, 4) is 0 Å². The van der Waals surface area contributed by atoms with Crippen LogP contribution >= 0.6 is 116 Å². The lowest BCUT2D eigenvalue weighted by Crippen LogP contribution is -2.53. The van der Waals surface area contributed by atoms with Crippen molar-refractivity contribution in [3.05, 3.63) is 0 Å². The maximum absolute atomic E-state index is 11.7. The van der Waals surface area contributed by atoms with Crippen LogP contribution in [0.15, 0.2) is 0 Å². The van der Waals surface area contributed by atoms with E-state index in [0.29, 0.717) is 0 Å². The first-order valence-electron chi connectivity index (χ1n) is 3.09. The lowest BCUT2D eigenvalue weighted by molar-refractivity contribution is -0.120. The van der Waals surface area contributed by atoms with Gasteiger partial charge >= 0.3 is 0 Å². The summed E-state index contributed by atoms with van der Waals surface area (Å²) in [7, 11) is 0. The molecule has 96 valence electrons. The van der Waals surface area contributed by atoms with Crippen molar-refractivity contribution in [1.29, 1.82) is 0 Å². The third-order valence-corrected chi connectivity index (χ3v) is 5.96. The van der Waals surface area contributed by atoms with Crippen molar-refractivity contribution in [1.82, 2.24) is 0 Å². The van der Waals surface area contributed by atoms with E-state index >= 15 is 0 Å². The predicted molar refractivity (Wildman–Crippen MR) is 74.5 cm³/mol. The minimum atomic E-state index is -2.58. The highest BCUT2D eigenvalue weighted by Crippen LogP contribution is 2.55. The number of carbonyl (C=O) groups excluding carboxylic acids is 1. The van der Waals surface area contributed by atoms with Crippen molar-refractivity contribution in [3.63, 3.8) is 0 Å². The smallest absolute Gasteiger partial charge is 0.230 e. The molecule has 0 bridgehead atoms. The molecule has 11 heteroatoms. The van der Waals surface area contributed by atoms with Crippen LogP contribution in [0.1, 0.15) is 0 Å². The molecule has 0 aliphatic heterocycles. The van der Waals surface area contributed by atoms with Gasteiger partial charge in [-0.1, -0.05) is 116 Å². The van der Waals surface area contributed by atoms with Gasteiger partial charge in [-0.25, -0.2) is 0 Å². The van der Waals surface area contributed by atoms with E-state index in [1.807, 2.05) is 0 Å². The molecule has 0 heterocycles. The van der Waals surface area contributed by atoms with Gasteiger partial charge in [-0.2, -0.15) is 0 Å². The van der Waals surface area contributed by atoms with Crippen molar-refractivity contribution in [2.75, 3.05) is 0 Å². The number of ketones is 1. The van der Waals surface area contributed by atoms with Crippen LogP contribution in [0.4, 0.5) is 0 Å². The number of carbonyl (C=O) groups is 1. The fourth-order valence-corrected chi connectivity index (χ4v) is 1.73. The van der Waals surface area contributed by atoms with Crippen LogP contribution in [0, 0.1) is 0 Å². The summed E-state index contributed by atoms with van der Waals surface area (Å²) in [5, 5.41) is 0. The molecule has 0 N–H and O–H groups in total. The Hall–Kier alpha value is 2.57. The van der Waals surface area contributed by atoms with Gasteiger partial charge in [-0.3, -0.25) is 4.79 Å². The summed E-state index contributed by atoms with van der Waals surface area (Å²) in [6, 6.07) is 0. The first kappa shape index (κ1) is 18.6. The lowest BCUT2D eigenvalue weighted by atomic mass is 10.2. The second-order valence-electron chi connectivity index (χ2n) is 2.47. The highest BCUT2D eigenvalue weighted by Gasteiger charge is 2.64. The zero-order valence-electron chi connectivity index (χ0n) is 6.69. The highest BCUT2D eigenvalue weighted by molar-refractivity contribution is 6.85. The number of hydrogen-bond acceptors (Lipinski definition) is 1. The van der Waals surface area contributed by atoms with Crippen LogP contribution in [0.25, 0.3) is 0 Å². The fraction of sp³-hybridized carbons (Fsp3) is 0.800.